The van der Waals surface area contributed by atoms with E-state index in [1.807, 2.05) is 18.2 Å². The van der Waals surface area contributed by atoms with Gasteiger partial charge in [0.1, 0.15) is 0 Å². The molecule has 0 fully saturated rings. The lowest BCUT2D eigenvalue weighted by molar-refractivity contribution is -0.138. The number of hydrogen-bond donors (Lipinski definition) is 2. The van der Waals surface area contributed by atoms with Gasteiger partial charge < -0.3 is 15.1 Å². The topological polar surface area (TPSA) is 77.8 Å². The van der Waals surface area contributed by atoms with Crippen LogP contribution in [0.3, 0.4) is 0 Å². The summed E-state index contributed by atoms with van der Waals surface area (Å²) < 4.78 is 38.4. The fraction of sp³-hybridized carbons (Fsp3) is 0.143. The number of hydrogen-bond acceptors (Lipinski definition) is 3. The highest BCUT2D eigenvalue weighted by atomic mass is 19.4. The second-order valence-corrected chi connectivity index (χ2v) is 6.49. The molecular weight excluding hydrogens is 387 g/mol. The van der Waals surface area contributed by atoms with Crippen LogP contribution in [0.4, 0.5) is 13.2 Å². The maximum Gasteiger partial charge on any atom is 0.416 e. The molecule has 0 spiro atoms. The van der Waals surface area contributed by atoms with E-state index in [1.165, 1.54) is 17.3 Å². The first-order valence-corrected chi connectivity index (χ1v) is 8.53. The number of alkyl halides is 3. The van der Waals surface area contributed by atoms with Gasteiger partial charge in [0.2, 0.25) is 0 Å². The average Bonchev–Trinajstić information content (AvgIpc) is 2.67. The summed E-state index contributed by atoms with van der Waals surface area (Å²) in [6.07, 6.45) is -1.93. The molecule has 0 radical (unpaired) electrons. The van der Waals surface area contributed by atoms with Crippen molar-refractivity contribution in [2.75, 3.05) is 0 Å². The molecule has 2 N–H and O–H groups in total. The van der Waals surface area contributed by atoms with Crippen molar-refractivity contribution in [3.8, 4) is 0 Å². The molecule has 1 heterocycles. The first-order valence-electron chi connectivity index (χ1n) is 8.53. The summed E-state index contributed by atoms with van der Waals surface area (Å²) >= 11 is 0. The lowest BCUT2D eigenvalue weighted by Gasteiger charge is -2.29. The second-order valence-electron chi connectivity index (χ2n) is 6.49. The molecule has 3 rings (SSSR count). The molecule has 5 nitrogen and oxygen atoms in total. The van der Waals surface area contributed by atoms with Gasteiger partial charge in [-0.3, -0.25) is 0 Å². The summed E-state index contributed by atoms with van der Waals surface area (Å²) in [5, 5.41) is 19.3. The first-order chi connectivity index (χ1) is 13.7. The number of rotatable bonds is 5. The number of carboxylic acid groups (broad SMARTS) is 2. The Labute approximate surface area is 164 Å². The quantitative estimate of drug-likeness (QED) is 0.781. The van der Waals surface area contributed by atoms with Crippen LogP contribution < -0.4 is 0 Å². The average molecular weight is 403 g/mol. The third-order valence-corrected chi connectivity index (χ3v) is 4.51. The number of carboxylic acids is 2. The van der Waals surface area contributed by atoms with E-state index in [-0.39, 0.29) is 23.3 Å². The van der Waals surface area contributed by atoms with E-state index in [0.717, 1.165) is 29.8 Å². The zero-order valence-corrected chi connectivity index (χ0v) is 14.9. The number of nitrogens with zero attached hydrogens (tertiary/aromatic N) is 1. The molecule has 8 heteroatoms. The molecule has 0 saturated carbocycles. The Morgan fingerprint density at radius 2 is 1.38 bits per heavy atom. The van der Waals surface area contributed by atoms with Crippen LogP contribution >= 0.6 is 0 Å². The minimum atomic E-state index is -4.55. The van der Waals surface area contributed by atoms with Gasteiger partial charge in [-0.05, 0) is 23.3 Å². The zero-order valence-electron chi connectivity index (χ0n) is 14.9. The van der Waals surface area contributed by atoms with Crippen molar-refractivity contribution < 1.29 is 33.0 Å². The van der Waals surface area contributed by atoms with Gasteiger partial charge in [-0.15, -0.1) is 0 Å². The molecule has 0 aromatic heterocycles. The standard InChI is InChI=1S/C21H16F3NO4/c22-21(23,24)15-8-6-14(7-9-15)18-16(19(26)27)11-25(12-17(18)20(28)29)10-13-4-2-1-3-5-13/h1-9,11-12,18H,10H2,(H,26,27)(H,28,29). The Hall–Kier alpha value is -3.55. The Bertz CT molecular complexity index is 947. The molecular formula is C21H16F3NO4. The molecule has 1 aliphatic rings. The molecule has 0 bridgehead atoms. The predicted molar refractivity (Wildman–Crippen MR) is 97.6 cm³/mol. The molecule has 0 amide bonds. The van der Waals surface area contributed by atoms with Gasteiger partial charge in [-0.25, -0.2) is 9.59 Å². The van der Waals surface area contributed by atoms with Crippen LogP contribution in [0.25, 0.3) is 0 Å². The Kier molecular flexibility index (Phi) is 5.45. The van der Waals surface area contributed by atoms with E-state index in [2.05, 4.69) is 0 Å². The summed E-state index contributed by atoms with van der Waals surface area (Å²) in [4.78, 5) is 25.1. The summed E-state index contributed by atoms with van der Waals surface area (Å²) in [5.74, 6) is -3.89. The number of carbonyl (C=O) groups is 2. The SMILES string of the molecule is O=C(O)C1=CN(Cc2ccccc2)C=C(C(=O)O)C1c1ccc(C(F)(F)F)cc1. The Morgan fingerprint density at radius 1 is 0.862 bits per heavy atom. The summed E-state index contributed by atoms with van der Waals surface area (Å²) in [5.41, 5.74) is -0.382. The van der Waals surface area contributed by atoms with E-state index in [9.17, 15) is 33.0 Å². The third kappa shape index (κ3) is 4.48. The van der Waals surface area contributed by atoms with Crippen LogP contribution in [0, 0.1) is 0 Å². The highest BCUT2D eigenvalue weighted by Gasteiger charge is 2.35. The highest BCUT2D eigenvalue weighted by molar-refractivity contribution is 5.97. The monoisotopic (exact) mass is 403 g/mol. The molecule has 150 valence electrons. The van der Waals surface area contributed by atoms with Gasteiger partial charge in [-0.1, -0.05) is 42.5 Å². The minimum Gasteiger partial charge on any atom is -0.478 e. The molecule has 2 aromatic rings. The molecule has 2 aromatic carbocycles. The number of aliphatic carboxylic acids is 2. The van der Waals surface area contributed by atoms with E-state index < -0.39 is 29.6 Å². The largest absolute Gasteiger partial charge is 0.478 e. The van der Waals surface area contributed by atoms with Crippen molar-refractivity contribution in [2.45, 2.75) is 18.6 Å². The minimum absolute atomic E-state index is 0.152. The van der Waals surface area contributed by atoms with E-state index in [4.69, 9.17) is 0 Å². The van der Waals surface area contributed by atoms with Crippen molar-refractivity contribution >= 4 is 11.9 Å². The van der Waals surface area contributed by atoms with Gasteiger partial charge in [0.15, 0.2) is 0 Å². The van der Waals surface area contributed by atoms with Crippen molar-refractivity contribution in [3.63, 3.8) is 0 Å². The molecule has 0 unspecified atom stereocenters. The first kappa shape index (κ1) is 20.2. The lowest BCUT2D eigenvalue weighted by Crippen LogP contribution is -2.27. The maximum absolute atomic E-state index is 12.8. The van der Waals surface area contributed by atoms with E-state index in [1.54, 1.807) is 12.1 Å². The molecule has 0 aliphatic carbocycles. The van der Waals surface area contributed by atoms with Crippen LogP contribution in [-0.4, -0.2) is 27.1 Å². The fourth-order valence-corrected chi connectivity index (χ4v) is 3.18. The van der Waals surface area contributed by atoms with Gasteiger partial charge in [0.25, 0.3) is 0 Å². The van der Waals surface area contributed by atoms with Gasteiger partial charge in [-0.2, -0.15) is 13.2 Å². The van der Waals surface area contributed by atoms with Gasteiger partial charge in [0, 0.05) is 18.9 Å². The Morgan fingerprint density at radius 3 is 1.83 bits per heavy atom. The highest BCUT2D eigenvalue weighted by Crippen LogP contribution is 2.38. The van der Waals surface area contributed by atoms with Crippen molar-refractivity contribution in [1.29, 1.82) is 0 Å². The van der Waals surface area contributed by atoms with Crippen LogP contribution in [0.15, 0.2) is 78.1 Å². The van der Waals surface area contributed by atoms with E-state index in [0.29, 0.717) is 0 Å². The maximum atomic E-state index is 12.8. The van der Waals surface area contributed by atoms with Gasteiger partial charge >= 0.3 is 18.1 Å². The molecule has 0 atom stereocenters. The molecule has 0 saturated heterocycles. The summed E-state index contributed by atoms with van der Waals surface area (Å²) in [6.45, 7) is 0.244. The van der Waals surface area contributed by atoms with Crippen LogP contribution in [-0.2, 0) is 22.3 Å². The normalized spacial score (nSPS) is 14.9. The lowest BCUT2D eigenvalue weighted by atomic mass is 9.83. The Balaban J connectivity index is 2.01. The molecule has 29 heavy (non-hydrogen) atoms. The summed E-state index contributed by atoms with van der Waals surface area (Å²) in [6, 6.07) is 12.9. The second kappa shape index (κ2) is 7.83. The number of halogens is 3. The van der Waals surface area contributed by atoms with Crippen LogP contribution in [0.5, 0.6) is 0 Å². The van der Waals surface area contributed by atoms with E-state index >= 15 is 0 Å². The van der Waals surface area contributed by atoms with Crippen LogP contribution in [0.2, 0.25) is 0 Å². The van der Waals surface area contributed by atoms with Crippen molar-refractivity contribution in [2.24, 2.45) is 0 Å². The smallest absolute Gasteiger partial charge is 0.416 e. The number of benzene rings is 2. The van der Waals surface area contributed by atoms with Crippen LogP contribution in [0.1, 0.15) is 22.6 Å². The molecule has 1 aliphatic heterocycles. The zero-order chi connectivity index (χ0) is 21.2. The summed E-state index contributed by atoms with van der Waals surface area (Å²) in [7, 11) is 0. The predicted octanol–water partition coefficient (Wildman–Crippen LogP) is 4.24. The van der Waals surface area contributed by atoms with Gasteiger partial charge in [0.05, 0.1) is 22.6 Å². The third-order valence-electron chi connectivity index (χ3n) is 4.51. The fourth-order valence-electron chi connectivity index (χ4n) is 3.18. The van der Waals surface area contributed by atoms with Crippen molar-refractivity contribution in [1.82, 2.24) is 4.90 Å². The van der Waals surface area contributed by atoms with Crippen molar-refractivity contribution in [3.05, 3.63) is 94.8 Å².